The molecule has 2 N–H and O–H groups in total. The minimum absolute atomic E-state index is 0.0247. The van der Waals surface area contributed by atoms with Crippen LogP contribution >= 0.6 is 0 Å². The molecule has 1 rings (SSSR count). The van der Waals surface area contributed by atoms with Gasteiger partial charge in [0.05, 0.1) is 6.04 Å². The summed E-state index contributed by atoms with van der Waals surface area (Å²) in [6, 6.07) is 0.0865. The van der Waals surface area contributed by atoms with Gasteiger partial charge >= 0.3 is 0 Å². The van der Waals surface area contributed by atoms with E-state index < -0.39 is 10.8 Å². The molecule has 0 aromatic heterocycles. The summed E-state index contributed by atoms with van der Waals surface area (Å²) >= 11 is 0. The Balaban J connectivity index is 2.23. The topological polar surface area (TPSA) is 58.2 Å². The highest BCUT2D eigenvalue weighted by Crippen LogP contribution is 2.07. The zero-order chi connectivity index (χ0) is 12.0. The molecule has 16 heavy (non-hydrogen) atoms. The lowest BCUT2D eigenvalue weighted by Gasteiger charge is -2.24. The van der Waals surface area contributed by atoms with Crippen LogP contribution in [0.2, 0.25) is 0 Å². The van der Waals surface area contributed by atoms with Crippen molar-refractivity contribution in [1.82, 2.24) is 10.6 Å². The number of amides is 1. The Hall–Kier alpha value is -0.420. The smallest absolute Gasteiger partial charge is 0.237 e. The van der Waals surface area contributed by atoms with E-state index in [1.807, 2.05) is 6.92 Å². The van der Waals surface area contributed by atoms with E-state index in [9.17, 15) is 9.00 Å². The molecular formula is C11H22N2O2S. The van der Waals surface area contributed by atoms with Crippen molar-refractivity contribution < 1.29 is 9.00 Å². The van der Waals surface area contributed by atoms with Gasteiger partial charge in [-0.05, 0) is 32.7 Å². The third kappa shape index (κ3) is 5.07. The van der Waals surface area contributed by atoms with Gasteiger partial charge in [-0.15, -0.1) is 0 Å². The fourth-order valence-corrected chi connectivity index (χ4v) is 2.52. The van der Waals surface area contributed by atoms with Crippen molar-refractivity contribution in [2.24, 2.45) is 0 Å². The third-order valence-corrected chi connectivity index (χ3v) is 3.66. The third-order valence-electron chi connectivity index (χ3n) is 2.85. The summed E-state index contributed by atoms with van der Waals surface area (Å²) < 4.78 is 10.9. The van der Waals surface area contributed by atoms with Gasteiger partial charge in [0.15, 0.2) is 0 Å². The van der Waals surface area contributed by atoms with Crippen molar-refractivity contribution in [2.75, 3.05) is 18.6 Å². The van der Waals surface area contributed by atoms with E-state index in [1.54, 1.807) is 6.26 Å². The molecule has 1 aliphatic heterocycles. The fraction of sp³-hybridized carbons (Fsp3) is 0.909. The van der Waals surface area contributed by atoms with Crippen molar-refractivity contribution in [3.8, 4) is 0 Å². The molecular weight excluding hydrogens is 224 g/mol. The summed E-state index contributed by atoms with van der Waals surface area (Å²) in [6.07, 6.45) is 5.68. The van der Waals surface area contributed by atoms with Crippen LogP contribution in [0.4, 0.5) is 0 Å². The van der Waals surface area contributed by atoms with Gasteiger partial charge in [0.2, 0.25) is 5.91 Å². The number of carbonyl (C=O) groups is 1. The number of nitrogens with one attached hydrogen (secondary N) is 2. The molecule has 3 atom stereocenters. The lowest BCUT2D eigenvalue weighted by Crippen LogP contribution is -2.49. The summed E-state index contributed by atoms with van der Waals surface area (Å²) in [5.41, 5.74) is 0. The Labute approximate surface area is 100 Å². The van der Waals surface area contributed by atoms with Gasteiger partial charge in [0.1, 0.15) is 0 Å². The first-order valence-corrected chi connectivity index (χ1v) is 7.66. The second-order valence-corrected chi connectivity index (χ2v) is 6.03. The molecule has 1 heterocycles. The first kappa shape index (κ1) is 13.6. The van der Waals surface area contributed by atoms with E-state index in [0.717, 1.165) is 32.2 Å². The highest BCUT2D eigenvalue weighted by Gasteiger charge is 2.21. The van der Waals surface area contributed by atoms with Crippen LogP contribution < -0.4 is 10.6 Å². The van der Waals surface area contributed by atoms with E-state index in [2.05, 4.69) is 10.6 Å². The molecule has 5 heteroatoms. The lowest BCUT2D eigenvalue weighted by atomic mass is 10.0. The van der Waals surface area contributed by atoms with Gasteiger partial charge in [-0.1, -0.05) is 6.42 Å². The van der Waals surface area contributed by atoms with Crippen LogP contribution in [0.1, 0.15) is 32.6 Å². The summed E-state index contributed by atoms with van der Waals surface area (Å²) in [5, 5.41) is 6.19. The molecule has 0 aromatic carbocycles. The quantitative estimate of drug-likeness (QED) is 0.738. The monoisotopic (exact) mass is 246 g/mol. The zero-order valence-corrected chi connectivity index (χ0v) is 10.9. The maximum Gasteiger partial charge on any atom is 0.237 e. The van der Waals surface area contributed by atoms with Crippen molar-refractivity contribution >= 4 is 16.7 Å². The molecule has 1 amide bonds. The maximum atomic E-state index is 11.8. The van der Waals surface area contributed by atoms with Crippen molar-refractivity contribution in [3.05, 3.63) is 0 Å². The van der Waals surface area contributed by atoms with Gasteiger partial charge in [-0.3, -0.25) is 9.00 Å². The van der Waals surface area contributed by atoms with Crippen molar-refractivity contribution in [2.45, 2.75) is 44.7 Å². The molecule has 0 spiro atoms. The number of carbonyl (C=O) groups excluding carboxylic acids is 1. The molecule has 94 valence electrons. The molecule has 1 fully saturated rings. The molecule has 4 nitrogen and oxygen atoms in total. The minimum Gasteiger partial charge on any atom is -0.352 e. The van der Waals surface area contributed by atoms with Gasteiger partial charge in [0, 0.05) is 28.9 Å². The number of hydrogen-bond donors (Lipinski definition) is 2. The Morgan fingerprint density at radius 3 is 2.88 bits per heavy atom. The summed E-state index contributed by atoms with van der Waals surface area (Å²) in [5.74, 6) is 0.744. The van der Waals surface area contributed by atoms with E-state index >= 15 is 0 Å². The molecule has 2 unspecified atom stereocenters. The SMILES string of the molecule is CC(CCS(C)=O)NC(=O)[C@H]1CCCCN1. The number of rotatable bonds is 5. The summed E-state index contributed by atoms with van der Waals surface area (Å²) in [4.78, 5) is 11.8. The normalized spacial score (nSPS) is 24.8. The Kier molecular flexibility index (Phi) is 5.98. The summed E-state index contributed by atoms with van der Waals surface area (Å²) in [6.45, 7) is 2.90. The number of piperidine rings is 1. The molecule has 0 radical (unpaired) electrons. The van der Waals surface area contributed by atoms with Crippen molar-refractivity contribution in [1.29, 1.82) is 0 Å². The second-order valence-electron chi connectivity index (χ2n) is 4.48. The van der Waals surface area contributed by atoms with Gasteiger partial charge in [0.25, 0.3) is 0 Å². The van der Waals surface area contributed by atoms with Crippen LogP contribution in [0.25, 0.3) is 0 Å². The Morgan fingerprint density at radius 1 is 1.56 bits per heavy atom. The van der Waals surface area contributed by atoms with Crippen LogP contribution in [0, 0.1) is 0 Å². The minimum atomic E-state index is -0.773. The van der Waals surface area contributed by atoms with Gasteiger partial charge in [-0.25, -0.2) is 0 Å². The fourth-order valence-electron chi connectivity index (χ4n) is 1.83. The Morgan fingerprint density at radius 2 is 2.31 bits per heavy atom. The molecule has 0 aliphatic carbocycles. The average Bonchev–Trinajstić information content (AvgIpc) is 2.27. The zero-order valence-electron chi connectivity index (χ0n) is 10.1. The van der Waals surface area contributed by atoms with E-state index in [0.29, 0.717) is 5.75 Å². The molecule has 0 aromatic rings. The van der Waals surface area contributed by atoms with Gasteiger partial charge in [-0.2, -0.15) is 0 Å². The number of hydrogen-bond acceptors (Lipinski definition) is 3. The van der Waals surface area contributed by atoms with E-state index in [-0.39, 0.29) is 18.0 Å². The Bertz CT molecular complexity index is 252. The molecule has 1 aliphatic rings. The van der Waals surface area contributed by atoms with E-state index in [1.165, 1.54) is 0 Å². The molecule has 1 saturated heterocycles. The average molecular weight is 246 g/mol. The van der Waals surface area contributed by atoms with Crippen LogP contribution in [0.15, 0.2) is 0 Å². The highest BCUT2D eigenvalue weighted by molar-refractivity contribution is 7.84. The van der Waals surface area contributed by atoms with Crippen LogP contribution in [-0.2, 0) is 15.6 Å². The van der Waals surface area contributed by atoms with Crippen LogP contribution in [-0.4, -0.2) is 40.8 Å². The first-order chi connectivity index (χ1) is 7.59. The lowest BCUT2D eigenvalue weighted by molar-refractivity contribution is -0.124. The van der Waals surface area contributed by atoms with Gasteiger partial charge < -0.3 is 10.6 Å². The second kappa shape index (κ2) is 7.01. The largest absolute Gasteiger partial charge is 0.352 e. The first-order valence-electron chi connectivity index (χ1n) is 5.93. The van der Waals surface area contributed by atoms with E-state index in [4.69, 9.17) is 0 Å². The maximum absolute atomic E-state index is 11.8. The molecule has 0 bridgehead atoms. The standard InChI is InChI=1S/C11H22N2O2S/c1-9(6-8-16(2)15)13-11(14)10-5-3-4-7-12-10/h9-10,12H,3-8H2,1-2H3,(H,13,14)/t9?,10-,16?/m1/s1. The van der Waals surface area contributed by atoms with Crippen molar-refractivity contribution in [3.63, 3.8) is 0 Å². The predicted molar refractivity (Wildman–Crippen MR) is 66.8 cm³/mol. The van der Waals surface area contributed by atoms with Crippen LogP contribution in [0.5, 0.6) is 0 Å². The predicted octanol–water partition coefficient (Wildman–Crippen LogP) is 0.402. The highest BCUT2D eigenvalue weighted by atomic mass is 32.2. The van der Waals surface area contributed by atoms with Crippen LogP contribution in [0.3, 0.4) is 0 Å². The summed E-state index contributed by atoms with van der Waals surface area (Å²) in [7, 11) is -0.773. The molecule has 0 saturated carbocycles.